The summed E-state index contributed by atoms with van der Waals surface area (Å²) >= 11 is 0. The highest BCUT2D eigenvalue weighted by Crippen LogP contribution is 2.02. The van der Waals surface area contributed by atoms with Crippen molar-refractivity contribution in [1.29, 1.82) is 0 Å². The first kappa shape index (κ1) is 15.9. The van der Waals surface area contributed by atoms with E-state index in [-0.39, 0.29) is 12.6 Å². The van der Waals surface area contributed by atoms with Gasteiger partial charge < -0.3 is 15.2 Å². The largest absolute Gasteiger partial charge is 0.395 e. The van der Waals surface area contributed by atoms with Gasteiger partial charge in [-0.3, -0.25) is 0 Å². The molecule has 0 heterocycles. The number of nitrogens with one attached hydrogen (secondary N) is 1. The zero-order valence-electron chi connectivity index (χ0n) is 11.0. The zero-order chi connectivity index (χ0) is 12.1. The summed E-state index contributed by atoms with van der Waals surface area (Å²) in [6.45, 7) is 7.01. The second kappa shape index (κ2) is 12.9. The fraction of sp³-hybridized carbons (Fsp3) is 1.00. The number of hydrogen-bond donors (Lipinski definition) is 2. The maximum Gasteiger partial charge on any atom is 0.0585 e. The number of ether oxygens (including phenoxy) is 1. The third-order valence-corrected chi connectivity index (χ3v) is 2.72. The van der Waals surface area contributed by atoms with Crippen molar-refractivity contribution in [3.05, 3.63) is 0 Å². The quantitative estimate of drug-likeness (QED) is 0.507. The van der Waals surface area contributed by atoms with E-state index in [1.807, 2.05) is 0 Å². The summed E-state index contributed by atoms with van der Waals surface area (Å²) in [6, 6.07) is 0.199. The van der Waals surface area contributed by atoms with E-state index >= 15 is 0 Å². The van der Waals surface area contributed by atoms with Crippen LogP contribution >= 0.6 is 0 Å². The SMILES string of the molecule is CCCCCCCOCCC(CO)NCC. The molecular formula is C13H29NO2. The summed E-state index contributed by atoms with van der Waals surface area (Å²) in [5, 5.41) is 12.3. The first-order valence-corrected chi connectivity index (χ1v) is 6.77. The van der Waals surface area contributed by atoms with Crippen LogP contribution < -0.4 is 5.32 Å². The third-order valence-electron chi connectivity index (χ3n) is 2.72. The van der Waals surface area contributed by atoms with Gasteiger partial charge in [-0.05, 0) is 19.4 Å². The first-order chi connectivity index (χ1) is 7.85. The van der Waals surface area contributed by atoms with E-state index in [0.29, 0.717) is 0 Å². The van der Waals surface area contributed by atoms with E-state index in [0.717, 1.165) is 26.2 Å². The molecule has 16 heavy (non-hydrogen) atoms. The molecule has 0 aliphatic heterocycles. The lowest BCUT2D eigenvalue weighted by molar-refractivity contribution is 0.111. The minimum absolute atomic E-state index is 0.199. The van der Waals surface area contributed by atoms with Gasteiger partial charge >= 0.3 is 0 Å². The van der Waals surface area contributed by atoms with Crippen LogP contribution in [0.3, 0.4) is 0 Å². The molecule has 0 saturated heterocycles. The molecule has 98 valence electrons. The Hall–Kier alpha value is -0.120. The maximum atomic E-state index is 9.04. The first-order valence-electron chi connectivity index (χ1n) is 6.77. The molecule has 0 spiro atoms. The van der Waals surface area contributed by atoms with Crippen molar-refractivity contribution in [3.8, 4) is 0 Å². The number of rotatable bonds is 12. The highest BCUT2D eigenvalue weighted by Gasteiger charge is 2.04. The molecule has 0 fully saturated rings. The lowest BCUT2D eigenvalue weighted by Crippen LogP contribution is -2.33. The van der Waals surface area contributed by atoms with Crippen molar-refractivity contribution < 1.29 is 9.84 Å². The average molecular weight is 231 g/mol. The van der Waals surface area contributed by atoms with E-state index in [1.165, 1.54) is 32.1 Å². The molecular weight excluding hydrogens is 202 g/mol. The Morgan fingerprint density at radius 1 is 1.06 bits per heavy atom. The molecule has 0 amide bonds. The molecule has 0 aromatic carbocycles. The van der Waals surface area contributed by atoms with Crippen LogP contribution in [-0.4, -0.2) is 37.5 Å². The van der Waals surface area contributed by atoms with Gasteiger partial charge in [-0.25, -0.2) is 0 Å². The van der Waals surface area contributed by atoms with E-state index in [4.69, 9.17) is 9.84 Å². The van der Waals surface area contributed by atoms with Gasteiger partial charge in [0.15, 0.2) is 0 Å². The Bertz CT molecular complexity index is 131. The third kappa shape index (κ3) is 10.4. The summed E-state index contributed by atoms with van der Waals surface area (Å²) in [5.41, 5.74) is 0. The molecule has 1 unspecified atom stereocenters. The van der Waals surface area contributed by atoms with Crippen molar-refractivity contribution in [3.63, 3.8) is 0 Å². The van der Waals surface area contributed by atoms with Gasteiger partial charge in [0.1, 0.15) is 0 Å². The predicted octanol–water partition coefficient (Wildman–Crippen LogP) is 2.33. The topological polar surface area (TPSA) is 41.5 Å². The van der Waals surface area contributed by atoms with Crippen LogP contribution in [0.4, 0.5) is 0 Å². The summed E-state index contributed by atoms with van der Waals surface area (Å²) in [7, 11) is 0. The molecule has 0 saturated carbocycles. The summed E-state index contributed by atoms with van der Waals surface area (Å²) in [6.07, 6.45) is 7.32. The number of hydrogen-bond acceptors (Lipinski definition) is 3. The average Bonchev–Trinajstić information content (AvgIpc) is 2.31. The van der Waals surface area contributed by atoms with Crippen LogP contribution in [0.5, 0.6) is 0 Å². The molecule has 0 rings (SSSR count). The van der Waals surface area contributed by atoms with Crippen LogP contribution in [0.2, 0.25) is 0 Å². The van der Waals surface area contributed by atoms with Crippen molar-refractivity contribution in [2.24, 2.45) is 0 Å². The molecule has 0 aromatic rings. The smallest absolute Gasteiger partial charge is 0.0585 e. The normalized spacial score (nSPS) is 12.9. The minimum Gasteiger partial charge on any atom is -0.395 e. The van der Waals surface area contributed by atoms with Crippen molar-refractivity contribution >= 4 is 0 Å². The van der Waals surface area contributed by atoms with Gasteiger partial charge in [0, 0.05) is 19.3 Å². The Kier molecular flexibility index (Phi) is 12.9. The van der Waals surface area contributed by atoms with Gasteiger partial charge in [-0.1, -0.05) is 39.5 Å². The van der Waals surface area contributed by atoms with Crippen LogP contribution in [-0.2, 0) is 4.74 Å². The van der Waals surface area contributed by atoms with Gasteiger partial charge in [0.25, 0.3) is 0 Å². The Labute approximate surface area is 101 Å². The standard InChI is InChI=1S/C13H29NO2/c1-3-5-6-7-8-10-16-11-9-13(12-15)14-4-2/h13-15H,3-12H2,1-2H3. The number of aliphatic hydroxyl groups is 1. The molecule has 0 aromatic heterocycles. The zero-order valence-corrected chi connectivity index (χ0v) is 11.0. The highest BCUT2D eigenvalue weighted by atomic mass is 16.5. The molecule has 3 nitrogen and oxygen atoms in total. The maximum absolute atomic E-state index is 9.04. The van der Waals surface area contributed by atoms with Gasteiger partial charge in [-0.2, -0.15) is 0 Å². The van der Waals surface area contributed by atoms with Gasteiger partial charge in [0.2, 0.25) is 0 Å². The summed E-state index contributed by atoms with van der Waals surface area (Å²) < 4.78 is 5.54. The number of unbranched alkanes of at least 4 members (excludes halogenated alkanes) is 4. The van der Waals surface area contributed by atoms with E-state index in [9.17, 15) is 0 Å². The monoisotopic (exact) mass is 231 g/mol. The van der Waals surface area contributed by atoms with Gasteiger partial charge in [0.05, 0.1) is 6.61 Å². The lowest BCUT2D eigenvalue weighted by atomic mass is 10.2. The lowest BCUT2D eigenvalue weighted by Gasteiger charge is -2.14. The van der Waals surface area contributed by atoms with E-state index in [1.54, 1.807) is 0 Å². The Balaban J connectivity index is 3.12. The second-order valence-electron chi connectivity index (χ2n) is 4.25. The molecule has 0 aliphatic carbocycles. The highest BCUT2D eigenvalue weighted by molar-refractivity contribution is 4.63. The van der Waals surface area contributed by atoms with Gasteiger partial charge in [-0.15, -0.1) is 0 Å². The molecule has 0 radical (unpaired) electrons. The van der Waals surface area contributed by atoms with Crippen LogP contribution in [0.1, 0.15) is 52.4 Å². The molecule has 1 atom stereocenters. The van der Waals surface area contributed by atoms with E-state index < -0.39 is 0 Å². The number of aliphatic hydroxyl groups excluding tert-OH is 1. The van der Waals surface area contributed by atoms with Crippen LogP contribution in [0, 0.1) is 0 Å². The fourth-order valence-electron chi connectivity index (χ4n) is 1.68. The van der Waals surface area contributed by atoms with Crippen LogP contribution in [0.25, 0.3) is 0 Å². The fourth-order valence-corrected chi connectivity index (χ4v) is 1.68. The molecule has 2 N–H and O–H groups in total. The predicted molar refractivity (Wildman–Crippen MR) is 68.7 cm³/mol. The second-order valence-corrected chi connectivity index (χ2v) is 4.25. The molecule has 0 aliphatic rings. The minimum atomic E-state index is 0.199. The van der Waals surface area contributed by atoms with E-state index in [2.05, 4.69) is 19.2 Å². The summed E-state index contributed by atoms with van der Waals surface area (Å²) in [5.74, 6) is 0. The van der Waals surface area contributed by atoms with Crippen molar-refractivity contribution in [2.45, 2.75) is 58.4 Å². The molecule has 3 heteroatoms. The summed E-state index contributed by atoms with van der Waals surface area (Å²) in [4.78, 5) is 0. The van der Waals surface area contributed by atoms with Crippen LogP contribution in [0.15, 0.2) is 0 Å². The Morgan fingerprint density at radius 3 is 2.44 bits per heavy atom. The van der Waals surface area contributed by atoms with Crippen molar-refractivity contribution in [2.75, 3.05) is 26.4 Å². The number of likely N-dealkylation sites (N-methyl/N-ethyl adjacent to an activating group) is 1. The van der Waals surface area contributed by atoms with Crippen molar-refractivity contribution in [1.82, 2.24) is 5.32 Å². The molecule has 0 bridgehead atoms. The Morgan fingerprint density at radius 2 is 1.81 bits per heavy atom.